The van der Waals surface area contributed by atoms with E-state index in [0.29, 0.717) is 11.8 Å². The lowest BCUT2D eigenvalue weighted by Crippen LogP contribution is -2.51. The van der Waals surface area contributed by atoms with Crippen molar-refractivity contribution in [3.05, 3.63) is 47.2 Å². The van der Waals surface area contributed by atoms with Gasteiger partial charge in [0.25, 0.3) is 0 Å². The second kappa shape index (κ2) is 8.73. The minimum atomic E-state index is -0.926. The SMILES string of the molecule is CCOC(=O)C1=C(COC(=O)c2cc(O)c3ccccc3c2O)NC(=O)N[C@@H]1CC. The molecule has 1 heterocycles. The van der Waals surface area contributed by atoms with E-state index in [1.165, 1.54) is 0 Å². The number of rotatable bonds is 6. The molecule has 2 amide bonds. The molecule has 1 aliphatic rings. The summed E-state index contributed by atoms with van der Waals surface area (Å²) in [5.41, 5.74) is 0.0241. The monoisotopic (exact) mass is 414 g/mol. The van der Waals surface area contributed by atoms with Gasteiger partial charge in [-0.25, -0.2) is 14.4 Å². The second-order valence-corrected chi connectivity index (χ2v) is 6.59. The van der Waals surface area contributed by atoms with Crippen LogP contribution in [0, 0.1) is 0 Å². The highest BCUT2D eigenvalue weighted by atomic mass is 16.5. The van der Waals surface area contributed by atoms with Crippen LogP contribution in [0.25, 0.3) is 10.8 Å². The molecule has 4 N–H and O–H groups in total. The van der Waals surface area contributed by atoms with Gasteiger partial charge >= 0.3 is 18.0 Å². The zero-order chi connectivity index (χ0) is 21.8. The van der Waals surface area contributed by atoms with Crippen LogP contribution in [0.2, 0.25) is 0 Å². The molecule has 9 nitrogen and oxygen atoms in total. The average Bonchev–Trinajstić information content (AvgIpc) is 2.74. The van der Waals surface area contributed by atoms with Gasteiger partial charge in [-0.2, -0.15) is 0 Å². The highest BCUT2D eigenvalue weighted by Crippen LogP contribution is 2.35. The van der Waals surface area contributed by atoms with Crippen LogP contribution in [0.15, 0.2) is 41.6 Å². The van der Waals surface area contributed by atoms with Gasteiger partial charge < -0.3 is 30.3 Å². The summed E-state index contributed by atoms with van der Waals surface area (Å²) in [5, 5.41) is 26.4. The van der Waals surface area contributed by atoms with Gasteiger partial charge in [0, 0.05) is 10.8 Å². The van der Waals surface area contributed by atoms with Crippen LogP contribution < -0.4 is 10.6 Å². The smallest absolute Gasteiger partial charge is 0.342 e. The molecule has 0 bridgehead atoms. The minimum absolute atomic E-state index is 0.0990. The van der Waals surface area contributed by atoms with Crippen molar-refractivity contribution in [1.29, 1.82) is 0 Å². The predicted molar refractivity (Wildman–Crippen MR) is 107 cm³/mol. The number of amides is 2. The number of hydrogen-bond acceptors (Lipinski definition) is 7. The van der Waals surface area contributed by atoms with Crippen molar-refractivity contribution in [3.63, 3.8) is 0 Å². The number of nitrogens with one attached hydrogen (secondary N) is 2. The Morgan fingerprint density at radius 2 is 1.77 bits per heavy atom. The maximum Gasteiger partial charge on any atom is 0.342 e. The zero-order valence-electron chi connectivity index (χ0n) is 16.5. The van der Waals surface area contributed by atoms with E-state index in [0.717, 1.165) is 6.07 Å². The highest BCUT2D eigenvalue weighted by molar-refractivity contribution is 6.03. The third-order valence-corrected chi connectivity index (χ3v) is 4.71. The fourth-order valence-corrected chi connectivity index (χ4v) is 3.29. The standard InChI is InChI=1S/C21H22N2O7/c1-3-14-17(20(27)29-4-2)15(23-21(28)22-14)10-30-19(26)13-9-16(24)11-7-5-6-8-12(11)18(13)25/h5-9,14,24-25H,3-4,10H2,1-2H3,(H2,22,23,28)/t14-/m1/s1. The first kappa shape index (κ1) is 21.0. The Hall–Kier alpha value is -3.75. The molecule has 0 aliphatic carbocycles. The van der Waals surface area contributed by atoms with Gasteiger partial charge in [-0.1, -0.05) is 31.2 Å². The van der Waals surface area contributed by atoms with Gasteiger partial charge in [0.15, 0.2) is 0 Å². The van der Waals surface area contributed by atoms with E-state index in [2.05, 4.69) is 10.6 Å². The average molecular weight is 414 g/mol. The first-order valence-electron chi connectivity index (χ1n) is 9.45. The summed E-state index contributed by atoms with van der Waals surface area (Å²) >= 11 is 0. The number of hydrogen-bond donors (Lipinski definition) is 4. The molecule has 2 aromatic carbocycles. The van der Waals surface area contributed by atoms with Crippen molar-refractivity contribution in [2.45, 2.75) is 26.3 Å². The Kier molecular flexibility index (Phi) is 6.10. The lowest BCUT2D eigenvalue weighted by atomic mass is 10.0. The van der Waals surface area contributed by atoms with Crippen LogP contribution in [-0.4, -0.2) is 47.4 Å². The van der Waals surface area contributed by atoms with E-state index in [9.17, 15) is 24.6 Å². The number of aromatic hydroxyl groups is 2. The van der Waals surface area contributed by atoms with Crippen molar-refractivity contribution >= 4 is 28.7 Å². The molecular weight excluding hydrogens is 392 g/mol. The number of urea groups is 1. The van der Waals surface area contributed by atoms with Gasteiger partial charge in [-0.3, -0.25) is 0 Å². The van der Waals surface area contributed by atoms with Crippen LogP contribution in [0.3, 0.4) is 0 Å². The van der Waals surface area contributed by atoms with E-state index < -0.39 is 30.6 Å². The van der Waals surface area contributed by atoms with Crippen LogP contribution in [-0.2, 0) is 14.3 Å². The van der Waals surface area contributed by atoms with E-state index in [1.807, 2.05) is 0 Å². The van der Waals surface area contributed by atoms with Gasteiger partial charge in [0.05, 0.1) is 23.9 Å². The summed E-state index contributed by atoms with van der Waals surface area (Å²) in [4.78, 5) is 36.8. The van der Waals surface area contributed by atoms with Crippen molar-refractivity contribution in [2.75, 3.05) is 13.2 Å². The number of esters is 2. The molecule has 3 rings (SSSR count). The first-order chi connectivity index (χ1) is 14.4. The molecule has 158 valence electrons. The first-order valence-corrected chi connectivity index (χ1v) is 9.45. The van der Waals surface area contributed by atoms with E-state index in [-0.39, 0.29) is 40.3 Å². The highest BCUT2D eigenvalue weighted by Gasteiger charge is 2.32. The molecule has 30 heavy (non-hydrogen) atoms. The van der Waals surface area contributed by atoms with Gasteiger partial charge in [-0.15, -0.1) is 0 Å². The quantitative estimate of drug-likeness (QED) is 0.421. The molecule has 0 fully saturated rings. The predicted octanol–water partition coefficient (Wildman–Crippen LogP) is 2.32. The van der Waals surface area contributed by atoms with Gasteiger partial charge in [0.1, 0.15) is 23.7 Å². The number of benzene rings is 2. The molecule has 9 heteroatoms. The molecular formula is C21H22N2O7. The number of phenols is 2. The zero-order valence-corrected chi connectivity index (χ0v) is 16.5. The molecule has 0 radical (unpaired) electrons. The summed E-state index contributed by atoms with van der Waals surface area (Å²) < 4.78 is 10.3. The fourth-order valence-electron chi connectivity index (χ4n) is 3.29. The molecule has 0 aromatic heterocycles. The molecule has 0 spiro atoms. The molecule has 2 aromatic rings. The van der Waals surface area contributed by atoms with Crippen molar-refractivity contribution in [2.24, 2.45) is 0 Å². The lowest BCUT2D eigenvalue weighted by Gasteiger charge is -2.28. The lowest BCUT2D eigenvalue weighted by molar-refractivity contribution is -0.139. The Morgan fingerprint density at radius 3 is 2.43 bits per heavy atom. The second-order valence-electron chi connectivity index (χ2n) is 6.59. The molecule has 1 aliphatic heterocycles. The summed E-state index contributed by atoms with van der Waals surface area (Å²) in [7, 11) is 0. The minimum Gasteiger partial charge on any atom is -0.507 e. The Morgan fingerprint density at radius 1 is 1.07 bits per heavy atom. The summed E-state index contributed by atoms with van der Waals surface area (Å²) in [6.07, 6.45) is 0.429. The van der Waals surface area contributed by atoms with E-state index in [1.54, 1.807) is 38.1 Å². The molecule has 1 atom stereocenters. The van der Waals surface area contributed by atoms with Crippen LogP contribution in [0.4, 0.5) is 4.79 Å². The van der Waals surface area contributed by atoms with Crippen molar-refractivity contribution < 1.29 is 34.1 Å². The number of carbonyl (C=O) groups excluding carboxylic acids is 3. The Bertz CT molecular complexity index is 1050. The van der Waals surface area contributed by atoms with Gasteiger partial charge in [-0.05, 0) is 19.4 Å². The molecule has 0 saturated heterocycles. The number of ether oxygens (including phenoxy) is 2. The number of carbonyl (C=O) groups is 3. The topological polar surface area (TPSA) is 134 Å². The number of fused-ring (bicyclic) bond motifs is 1. The molecule has 0 unspecified atom stereocenters. The molecule has 0 saturated carbocycles. The fraction of sp³-hybridized carbons (Fsp3) is 0.286. The largest absolute Gasteiger partial charge is 0.507 e. The maximum atomic E-state index is 12.6. The van der Waals surface area contributed by atoms with E-state index in [4.69, 9.17) is 9.47 Å². The maximum absolute atomic E-state index is 12.6. The Labute approximate surface area is 172 Å². The van der Waals surface area contributed by atoms with Crippen LogP contribution in [0.1, 0.15) is 30.6 Å². The Balaban J connectivity index is 1.89. The third kappa shape index (κ3) is 4.00. The van der Waals surface area contributed by atoms with Crippen molar-refractivity contribution in [3.8, 4) is 11.5 Å². The van der Waals surface area contributed by atoms with Crippen LogP contribution >= 0.6 is 0 Å². The number of phenolic OH excluding ortho intramolecular Hbond substituents is 2. The van der Waals surface area contributed by atoms with Crippen LogP contribution in [0.5, 0.6) is 11.5 Å². The summed E-state index contributed by atoms with van der Waals surface area (Å²) in [6.45, 7) is 3.16. The van der Waals surface area contributed by atoms with Gasteiger partial charge in [0.2, 0.25) is 0 Å². The summed E-state index contributed by atoms with van der Waals surface area (Å²) in [6, 6.07) is 6.48. The third-order valence-electron chi connectivity index (χ3n) is 4.71. The van der Waals surface area contributed by atoms with E-state index >= 15 is 0 Å². The summed E-state index contributed by atoms with van der Waals surface area (Å²) in [5.74, 6) is -2.09. The van der Waals surface area contributed by atoms with Crippen molar-refractivity contribution in [1.82, 2.24) is 10.6 Å². The normalized spacial score (nSPS) is 16.1.